The van der Waals surface area contributed by atoms with E-state index in [9.17, 15) is 24.5 Å². The summed E-state index contributed by atoms with van der Waals surface area (Å²) in [5.74, 6) is -2.77. The van der Waals surface area contributed by atoms with E-state index in [1.54, 1.807) is 25.1 Å². The summed E-state index contributed by atoms with van der Waals surface area (Å²) >= 11 is 11.9. The van der Waals surface area contributed by atoms with E-state index >= 15 is 0 Å². The summed E-state index contributed by atoms with van der Waals surface area (Å²) in [5.41, 5.74) is 2.66. The van der Waals surface area contributed by atoms with Gasteiger partial charge in [0.25, 0.3) is 5.69 Å². The van der Waals surface area contributed by atoms with Crippen LogP contribution in [0.2, 0.25) is 10.0 Å². The van der Waals surface area contributed by atoms with Gasteiger partial charge in [-0.1, -0.05) is 41.4 Å². The van der Waals surface area contributed by atoms with E-state index in [1.165, 1.54) is 48.5 Å². The molecule has 0 bridgehead atoms. The molecule has 3 aromatic rings. The SMILES string of the molecule is C/C(=N\NC(=O)C(=O)Nc1cccc(Cl)c1Cl)c1ccc(OC(=O)c2ccccc2[N+](=O)[O-])cc1. The number of carbonyl (C=O) groups excluding carboxylic acids is 3. The fraction of sp³-hybridized carbons (Fsp3) is 0.0435. The van der Waals surface area contributed by atoms with E-state index in [0.717, 1.165) is 0 Å². The van der Waals surface area contributed by atoms with Gasteiger partial charge in [0.05, 0.1) is 26.4 Å². The van der Waals surface area contributed by atoms with Gasteiger partial charge in [0.2, 0.25) is 0 Å². The number of rotatable bonds is 6. The van der Waals surface area contributed by atoms with Gasteiger partial charge in [-0.25, -0.2) is 10.2 Å². The van der Waals surface area contributed by atoms with E-state index in [-0.39, 0.29) is 32.7 Å². The molecule has 0 unspecified atom stereocenters. The van der Waals surface area contributed by atoms with Crippen molar-refractivity contribution in [2.45, 2.75) is 6.92 Å². The second-order valence-corrected chi connectivity index (χ2v) is 7.67. The van der Waals surface area contributed by atoms with Crippen molar-refractivity contribution in [3.8, 4) is 5.75 Å². The second kappa shape index (κ2) is 11.2. The Morgan fingerprint density at radius 1 is 0.943 bits per heavy atom. The first-order valence-electron chi connectivity index (χ1n) is 9.83. The molecular weight excluding hydrogens is 499 g/mol. The molecule has 0 aliphatic rings. The van der Waals surface area contributed by atoms with Gasteiger partial charge >= 0.3 is 17.8 Å². The number of carbonyl (C=O) groups is 3. The number of benzene rings is 3. The smallest absolute Gasteiger partial charge is 0.350 e. The topological polar surface area (TPSA) is 140 Å². The molecule has 0 aliphatic carbocycles. The van der Waals surface area contributed by atoms with Gasteiger partial charge < -0.3 is 10.1 Å². The normalized spacial score (nSPS) is 10.9. The van der Waals surface area contributed by atoms with Crippen molar-refractivity contribution >= 4 is 58.1 Å². The molecule has 0 radical (unpaired) electrons. The van der Waals surface area contributed by atoms with Crippen LogP contribution in [-0.4, -0.2) is 28.4 Å². The minimum absolute atomic E-state index is 0.0951. The monoisotopic (exact) mass is 514 g/mol. The molecule has 2 N–H and O–H groups in total. The zero-order valence-electron chi connectivity index (χ0n) is 18.0. The van der Waals surface area contributed by atoms with Crippen LogP contribution in [0.3, 0.4) is 0 Å². The molecule has 178 valence electrons. The maximum absolute atomic E-state index is 12.3. The number of nitro benzene ring substituents is 1. The van der Waals surface area contributed by atoms with Crippen LogP contribution >= 0.6 is 23.2 Å². The Bertz CT molecular complexity index is 1340. The minimum Gasteiger partial charge on any atom is -0.423 e. The van der Waals surface area contributed by atoms with Gasteiger partial charge in [-0.05, 0) is 55.0 Å². The largest absolute Gasteiger partial charge is 0.423 e. The third-order valence-electron chi connectivity index (χ3n) is 4.53. The van der Waals surface area contributed by atoms with Gasteiger partial charge in [-0.3, -0.25) is 19.7 Å². The molecule has 12 heteroatoms. The lowest BCUT2D eigenvalue weighted by Gasteiger charge is -2.08. The molecule has 0 saturated heterocycles. The highest BCUT2D eigenvalue weighted by Gasteiger charge is 2.21. The number of nitrogens with zero attached hydrogens (tertiary/aromatic N) is 2. The Hall–Kier alpha value is -4.28. The van der Waals surface area contributed by atoms with Crippen LogP contribution in [0.1, 0.15) is 22.8 Å². The number of nitrogens with one attached hydrogen (secondary N) is 2. The summed E-state index contributed by atoms with van der Waals surface area (Å²) in [7, 11) is 0. The second-order valence-electron chi connectivity index (χ2n) is 6.88. The number of hydrogen-bond donors (Lipinski definition) is 2. The fourth-order valence-electron chi connectivity index (χ4n) is 2.76. The maximum atomic E-state index is 12.3. The van der Waals surface area contributed by atoms with Gasteiger partial charge in [0.15, 0.2) is 0 Å². The summed E-state index contributed by atoms with van der Waals surface area (Å²) in [6, 6.07) is 16.0. The Kier molecular flexibility index (Phi) is 8.13. The van der Waals surface area contributed by atoms with Crippen LogP contribution in [0.4, 0.5) is 11.4 Å². The number of nitro groups is 1. The first-order valence-corrected chi connectivity index (χ1v) is 10.6. The van der Waals surface area contributed by atoms with Gasteiger partial charge in [-0.15, -0.1) is 0 Å². The lowest BCUT2D eigenvalue weighted by atomic mass is 10.1. The van der Waals surface area contributed by atoms with Crippen molar-refractivity contribution in [1.29, 1.82) is 0 Å². The maximum Gasteiger partial charge on any atom is 0.350 e. The van der Waals surface area contributed by atoms with Crippen LogP contribution in [0.5, 0.6) is 5.75 Å². The van der Waals surface area contributed by atoms with Gasteiger partial charge in [0, 0.05) is 6.07 Å². The lowest BCUT2D eigenvalue weighted by Crippen LogP contribution is -2.33. The average Bonchev–Trinajstić information content (AvgIpc) is 2.85. The quantitative estimate of drug-likeness (QED) is 0.123. The molecule has 0 saturated carbocycles. The van der Waals surface area contributed by atoms with Crippen LogP contribution in [0.15, 0.2) is 71.8 Å². The molecule has 0 atom stereocenters. The number of para-hydroxylation sites is 1. The summed E-state index contributed by atoms with van der Waals surface area (Å²) in [6.45, 7) is 1.58. The molecule has 3 rings (SSSR count). The summed E-state index contributed by atoms with van der Waals surface area (Å²) in [6.07, 6.45) is 0. The molecule has 10 nitrogen and oxygen atoms in total. The van der Waals surface area contributed by atoms with Crippen molar-refractivity contribution in [1.82, 2.24) is 5.43 Å². The first-order chi connectivity index (χ1) is 16.7. The fourth-order valence-corrected chi connectivity index (χ4v) is 3.11. The molecule has 0 fully saturated rings. The molecule has 2 amide bonds. The summed E-state index contributed by atoms with van der Waals surface area (Å²) < 4.78 is 5.20. The van der Waals surface area contributed by atoms with Crippen molar-refractivity contribution in [2.75, 3.05) is 5.32 Å². The number of hydrogen-bond acceptors (Lipinski definition) is 7. The number of halogens is 2. The van der Waals surface area contributed by atoms with Crippen molar-refractivity contribution in [3.63, 3.8) is 0 Å². The zero-order valence-corrected chi connectivity index (χ0v) is 19.5. The number of esters is 1. The lowest BCUT2D eigenvalue weighted by molar-refractivity contribution is -0.385. The molecule has 0 spiro atoms. The van der Waals surface area contributed by atoms with Crippen LogP contribution in [0, 0.1) is 10.1 Å². The Morgan fingerprint density at radius 3 is 2.31 bits per heavy atom. The van der Waals surface area contributed by atoms with Crippen LogP contribution < -0.4 is 15.5 Å². The highest BCUT2D eigenvalue weighted by molar-refractivity contribution is 6.45. The van der Waals surface area contributed by atoms with E-state index in [4.69, 9.17) is 27.9 Å². The summed E-state index contributed by atoms with van der Waals surface area (Å²) in [4.78, 5) is 46.9. The molecule has 0 heterocycles. The average molecular weight is 515 g/mol. The molecule has 3 aromatic carbocycles. The predicted molar refractivity (Wildman–Crippen MR) is 130 cm³/mol. The van der Waals surface area contributed by atoms with E-state index < -0.39 is 22.7 Å². The highest BCUT2D eigenvalue weighted by Crippen LogP contribution is 2.29. The van der Waals surface area contributed by atoms with Crippen LogP contribution in [-0.2, 0) is 9.59 Å². The first kappa shape index (κ1) is 25.3. The third kappa shape index (κ3) is 6.40. The summed E-state index contributed by atoms with van der Waals surface area (Å²) in [5, 5.41) is 17.6. The Labute approximate surface area is 208 Å². The van der Waals surface area contributed by atoms with Gasteiger partial charge in [0.1, 0.15) is 11.3 Å². The number of anilines is 1. The van der Waals surface area contributed by atoms with E-state index in [1.807, 2.05) is 0 Å². The minimum atomic E-state index is -1.03. The Balaban J connectivity index is 1.61. The van der Waals surface area contributed by atoms with Crippen molar-refractivity contribution in [3.05, 3.63) is 98.0 Å². The van der Waals surface area contributed by atoms with Gasteiger partial charge in [-0.2, -0.15) is 5.10 Å². The number of hydrazone groups is 1. The predicted octanol–water partition coefficient (Wildman–Crippen LogP) is 4.60. The number of amides is 2. The van der Waals surface area contributed by atoms with Crippen molar-refractivity contribution in [2.24, 2.45) is 5.10 Å². The van der Waals surface area contributed by atoms with E-state index in [2.05, 4.69) is 15.8 Å². The zero-order chi connectivity index (χ0) is 25.5. The molecular formula is C23H16Cl2N4O6. The standard InChI is InChI=1S/C23H16Cl2N4O6/c1-13(27-28-22(31)21(30)26-18-7-4-6-17(24)20(18)25)14-9-11-15(12-10-14)35-23(32)16-5-2-3-8-19(16)29(33)34/h2-12H,1H3,(H,26,30)(H,28,31)/b27-13+. The third-order valence-corrected chi connectivity index (χ3v) is 5.35. The van der Waals surface area contributed by atoms with E-state index in [0.29, 0.717) is 11.3 Å². The molecule has 35 heavy (non-hydrogen) atoms. The highest BCUT2D eigenvalue weighted by atomic mass is 35.5. The van der Waals surface area contributed by atoms with Crippen molar-refractivity contribution < 1.29 is 24.0 Å². The molecule has 0 aliphatic heterocycles. The Morgan fingerprint density at radius 2 is 1.63 bits per heavy atom. The molecule has 0 aromatic heterocycles. The number of ether oxygens (including phenoxy) is 1. The van der Waals surface area contributed by atoms with Crippen LogP contribution in [0.25, 0.3) is 0 Å².